The van der Waals surface area contributed by atoms with E-state index >= 15 is 0 Å². The summed E-state index contributed by atoms with van der Waals surface area (Å²) in [6, 6.07) is 7.49. The molecule has 78 valence electrons. The summed E-state index contributed by atoms with van der Waals surface area (Å²) in [5.41, 5.74) is 5.91. The van der Waals surface area contributed by atoms with Crippen LogP contribution in [0, 0.1) is 0 Å². The number of carboxylic acid groups (broad SMARTS) is 1. The third-order valence-corrected chi connectivity index (χ3v) is 2.59. The average molecular weight is 204 g/mol. The number of benzene rings is 1. The number of nitrogens with one attached hydrogen (secondary N) is 1. The number of rotatable bonds is 2. The fraction of sp³-hybridized carbons (Fsp3) is 0.182. The van der Waals surface area contributed by atoms with Gasteiger partial charge in [0.1, 0.15) is 5.54 Å². The zero-order valence-electron chi connectivity index (χ0n) is 8.32. The van der Waals surface area contributed by atoms with Gasteiger partial charge in [0.25, 0.3) is 0 Å². The SMILES string of the molecule is CC(N)(C(=O)O)c1c[nH]c2ccccc12. The van der Waals surface area contributed by atoms with E-state index < -0.39 is 11.5 Å². The molecule has 0 saturated carbocycles. The van der Waals surface area contributed by atoms with E-state index in [1.54, 1.807) is 6.20 Å². The molecule has 0 aliphatic carbocycles. The number of aliphatic carboxylic acids is 1. The van der Waals surface area contributed by atoms with Crippen LogP contribution in [-0.4, -0.2) is 16.1 Å². The van der Waals surface area contributed by atoms with Crippen LogP contribution < -0.4 is 5.73 Å². The second kappa shape index (κ2) is 3.10. The molecule has 15 heavy (non-hydrogen) atoms. The molecule has 0 spiro atoms. The molecule has 4 N–H and O–H groups in total. The molecular weight excluding hydrogens is 192 g/mol. The summed E-state index contributed by atoms with van der Waals surface area (Å²) in [4.78, 5) is 14.0. The molecule has 4 heteroatoms. The van der Waals surface area contributed by atoms with Crippen molar-refractivity contribution in [2.75, 3.05) is 0 Å². The predicted molar refractivity (Wildman–Crippen MR) is 57.5 cm³/mol. The zero-order chi connectivity index (χ0) is 11.1. The van der Waals surface area contributed by atoms with Crippen LogP contribution in [0.2, 0.25) is 0 Å². The van der Waals surface area contributed by atoms with Gasteiger partial charge in [0.05, 0.1) is 0 Å². The maximum atomic E-state index is 11.0. The minimum absolute atomic E-state index is 0.602. The molecule has 0 bridgehead atoms. The van der Waals surface area contributed by atoms with E-state index in [2.05, 4.69) is 4.98 Å². The van der Waals surface area contributed by atoms with E-state index in [9.17, 15) is 4.79 Å². The van der Waals surface area contributed by atoms with Crippen molar-refractivity contribution in [2.24, 2.45) is 5.73 Å². The highest BCUT2D eigenvalue weighted by Crippen LogP contribution is 2.26. The van der Waals surface area contributed by atoms with Crippen molar-refractivity contribution >= 4 is 16.9 Å². The highest BCUT2D eigenvalue weighted by molar-refractivity contribution is 5.91. The summed E-state index contributed by atoms with van der Waals surface area (Å²) in [6.45, 7) is 1.49. The third kappa shape index (κ3) is 1.39. The lowest BCUT2D eigenvalue weighted by Gasteiger charge is -2.18. The van der Waals surface area contributed by atoms with Gasteiger partial charge >= 0.3 is 5.97 Å². The van der Waals surface area contributed by atoms with Crippen LogP contribution in [0.15, 0.2) is 30.5 Å². The Bertz CT molecular complexity index is 514. The number of fused-ring (bicyclic) bond motifs is 1. The summed E-state index contributed by atoms with van der Waals surface area (Å²) in [5, 5.41) is 9.89. The standard InChI is InChI=1S/C11H12N2O2/c1-11(12,10(14)15)8-6-13-9-5-3-2-4-7(8)9/h2-6,13H,12H2,1H3,(H,14,15). The summed E-state index contributed by atoms with van der Waals surface area (Å²) in [5.74, 6) is -1.03. The molecule has 2 aromatic rings. The molecule has 0 fully saturated rings. The van der Waals surface area contributed by atoms with Crippen LogP contribution in [0.1, 0.15) is 12.5 Å². The lowest BCUT2D eigenvalue weighted by molar-refractivity contribution is -0.142. The first-order valence-corrected chi connectivity index (χ1v) is 4.62. The Labute approximate surface area is 86.7 Å². The third-order valence-electron chi connectivity index (χ3n) is 2.59. The summed E-state index contributed by atoms with van der Waals surface area (Å²) in [7, 11) is 0. The zero-order valence-corrected chi connectivity index (χ0v) is 8.32. The van der Waals surface area contributed by atoms with Crippen LogP contribution in [0.4, 0.5) is 0 Å². The maximum Gasteiger partial charge on any atom is 0.328 e. The highest BCUT2D eigenvalue weighted by atomic mass is 16.4. The Morgan fingerprint density at radius 2 is 2.13 bits per heavy atom. The van der Waals surface area contributed by atoms with Crippen LogP contribution >= 0.6 is 0 Å². The van der Waals surface area contributed by atoms with Gasteiger partial charge in [-0.2, -0.15) is 0 Å². The van der Waals surface area contributed by atoms with Gasteiger partial charge in [0.2, 0.25) is 0 Å². The molecule has 1 aromatic heterocycles. The topological polar surface area (TPSA) is 79.1 Å². The van der Waals surface area contributed by atoms with Crippen LogP contribution in [0.5, 0.6) is 0 Å². The number of hydrogen-bond acceptors (Lipinski definition) is 2. The monoisotopic (exact) mass is 204 g/mol. The number of para-hydroxylation sites is 1. The summed E-state index contributed by atoms with van der Waals surface area (Å²) in [6.07, 6.45) is 1.65. The molecule has 0 aliphatic rings. The van der Waals surface area contributed by atoms with Gasteiger partial charge in [-0.3, -0.25) is 0 Å². The number of hydrogen-bond donors (Lipinski definition) is 3. The minimum atomic E-state index is -1.36. The van der Waals surface area contributed by atoms with Gasteiger partial charge in [-0.15, -0.1) is 0 Å². The number of carbonyl (C=O) groups is 1. The van der Waals surface area contributed by atoms with Gasteiger partial charge in [-0.25, -0.2) is 4.79 Å². The second-order valence-corrected chi connectivity index (χ2v) is 3.76. The van der Waals surface area contributed by atoms with E-state index in [0.717, 1.165) is 10.9 Å². The largest absolute Gasteiger partial charge is 0.480 e. The molecule has 1 unspecified atom stereocenters. The first-order chi connectivity index (χ1) is 7.03. The van der Waals surface area contributed by atoms with Gasteiger partial charge in [0.15, 0.2) is 0 Å². The Morgan fingerprint density at radius 3 is 2.80 bits per heavy atom. The van der Waals surface area contributed by atoms with E-state index in [-0.39, 0.29) is 0 Å². The van der Waals surface area contributed by atoms with Gasteiger partial charge < -0.3 is 15.8 Å². The number of carboxylic acids is 1. The van der Waals surface area contributed by atoms with Crippen molar-refractivity contribution in [1.82, 2.24) is 4.98 Å². The van der Waals surface area contributed by atoms with Crippen molar-refractivity contribution in [1.29, 1.82) is 0 Å². The maximum absolute atomic E-state index is 11.0. The Hall–Kier alpha value is -1.81. The van der Waals surface area contributed by atoms with E-state index in [0.29, 0.717) is 5.56 Å². The molecule has 1 aromatic carbocycles. The van der Waals surface area contributed by atoms with Gasteiger partial charge in [-0.1, -0.05) is 18.2 Å². The minimum Gasteiger partial charge on any atom is -0.480 e. The van der Waals surface area contributed by atoms with Crippen molar-refractivity contribution in [3.63, 3.8) is 0 Å². The van der Waals surface area contributed by atoms with E-state index in [4.69, 9.17) is 10.8 Å². The van der Waals surface area contributed by atoms with Crippen molar-refractivity contribution in [3.8, 4) is 0 Å². The first kappa shape index (κ1) is 9.73. The van der Waals surface area contributed by atoms with E-state index in [1.165, 1.54) is 6.92 Å². The lowest BCUT2D eigenvalue weighted by Crippen LogP contribution is -2.41. The smallest absolute Gasteiger partial charge is 0.328 e. The average Bonchev–Trinajstić information content (AvgIpc) is 2.61. The van der Waals surface area contributed by atoms with Crippen molar-refractivity contribution in [3.05, 3.63) is 36.0 Å². The number of nitrogens with two attached hydrogens (primary N) is 1. The fourth-order valence-electron chi connectivity index (χ4n) is 1.62. The molecule has 0 amide bonds. The molecular formula is C11H12N2O2. The predicted octanol–water partition coefficient (Wildman–Crippen LogP) is 1.43. The highest BCUT2D eigenvalue weighted by Gasteiger charge is 2.32. The first-order valence-electron chi connectivity index (χ1n) is 4.62. The van der Waals surface area contributed by atoms with Crippen LogP contribution in [0.25, 0.3) is 10.9 Å². The van der Waals surface area contributed by atoms with Crippen molar-refractivity contribution < 1.29 is 9.90 Å². The number of aromatic nitrogens is 1. The lowest BCUT2D eigenvalue weighted by atomic mass is 9.93. The molecule has 0 saturated heterocycles. The summed E-state index contributed by atoms with van der Waals surface area (Å²) < 4.78 is 0. The van der Waals surface area contributed by atoms with Crippen LogP contribution in [0.3, 0.4) is 0 Å². The molecule has 1 heterocycles. The quantitative estimate of drug-likeness (QED) is 0.692. The molecule has 1 atom stereocenters. The normalized spacial score (nSPS) is 15.1. The Kier molecular flexibility index (Phi) is 2.01. The molecule has 2 rings (SSSR count). The van der Waals surface area contributed by atoms with Crippen molar-refractivity contribution in [2.45, 2.75) is 12.5 Å². The molecule has 0 radical (unpaired) electrons. The Morgan fingerprint density at radius 1 is 1.47 bits per heavy atom. The number of H-pyrrole nitrogens is 1. The van der Waals surface area contributed by atoms with Gasteiger partial charge in [0, 0.05) is 22.7 Å². The fourth-order valence-corrected chi connectivity index (χ4v) is 1.62. The second-order valence-electron chi connectivity index (χ2n) is 3.76. The number of aromatic amines is 1. The van der Waals surface area contributed by atoms with Crippen LogP contribution in [-0.2, 0) is 10.3 Å². The molecule has 0 aliphatic heterocycles. The van der Waals surface area contributed by atoms with Gasteiger partial charge in [-0.05, 0) is 13.0 Å². The Balaban J connectivity index is 2.67. The summed E-state index contributed by atoms with van der Waals surface area (Å²) >= 11 is 0. The molecule has 4 nitrogen and oxygen atoms in total. The van der Waals surface area contributed by atoms with E-state index in [1.807, 2.05) is 24.3 Å².